The molecule has 2 atom stereocenters. The standard InChI is InChI=1S/C20H32N4O.3ClH/c1-23-14-15-24(19(16-23)17-8-3-2-4-9-17)13-7-12-22-20(25)18-10-5-6-11-21-18;;;/h2-4,8-9,18-19,21H,5-7,10-16H2,1H3,(H,22,25);3*1H. The van der Waals surface area contributed by atoms with Crippen LogP contribution in [0.1, 0.15) is 37.3 Å². The molecule has 2 unspecified atom stereocenters. The fourth-order valence-corrected chi connectivity index (χ4v) is 3.91. The van der Waals surface area contributed by atoms with Gasteiger partial charge >= 0.3 is 0 Å². The van der Waals surface area contributed by atoms with E-state index in [1.54, 1.807) is 0 Å². The maximum atomic E-state index is 12.2. The molecule has 0 spiro atoms. The van der Waals surface area contributed by atoms with Crippen LogP contribution in [0.2, 0.25) is 0 Å². The van der Waals surface area contributed by atoms with Gasteiger partial charge in [-0.1, -0.05) is 36.8 Å². The van der Waals surface area contributed by atoms with Gasteiger partial charge in [-0.05, 0) is 38.4 Å². The van der Waals surface area contributed by atoms with Gasteiger partial charge in [0, 0.05) is 38.8 Å². The molecule has 5 nitrogen and oxygen atoms in total. The first-order chi connectivity index (χ1) is 12.2. The predicted molar refractivity (Wildman–Crippen MR) is 123 cm³/mol. The number of piperazine rings is 1. The first-order valence-corrected chi connectivity index (χ1v) is 9.72. The number of hydrogen-bond acceptors (Lipinski definition) is 4. The molecule has 2 heterocycles. The van der Waals surface area contributed by atoms with Gasteiger partial charge in [-0.25, -0.2) is 0 Å². The van der Waals surface area contributed by atoms with E-state index in [1.807, 2.05) is 0 Å². The van der Waals surface area contributed by atoms with Crippen LogP contribution in [0, 0.1) is 0 Å². The minimum atomic E-state index is 0. The molecule has 2 N–H and O–H groups in total. The minimum Gasteiger partial charge on any atom is -0.355 e. The molecule has 1 aromatic rings. The summed E-state index contributed by atoms with van der Waals surface area (Å²) in [7, 11) is 2.20. The monoisotopic (exact) mass is 452 g/mol. The lowest BCUT2D eigenvalue weighted by molar-refractivity contribution is -0.123. The van der Waals surface area contributed by atoms with Crippen LogP contribution < -0.4 is 10.6 Å². The predicted octanol–water partition coefficient (Wildman–Crippen LogP) is 2.89. The van der Waals surface area contributed by atoms with Crippen LogP contribution in [0.5, 0.6) is 0 Å². The summed E-state index contributed by atoms with van der Waals surface area (Å²) in [5.74, 6) is 0.178. The van der Waals surface area contributed by atoms with Crippen molar-refractivity contribution in [3.05, 3.63) is 35.9 Å². The van der Waals surface area contributed by atoms with Crippen LogP contribution in [0.25, 0.3) is 0 Å². The van der Waals surface area contributed by atoms with E-state index in [1.165, 1.54) is 12.0 Å². The Morgan fingerprint density at radius 3 is 2.57 bits per heavy atom. The maximum absolute atomic E-state index is 12.2. The molecule has 0 bridgehead atoms. The summed E-state index contributed by atoms with van der Waals surface area (Å²) in [6.07, 6.45) is 4.32. The molecule has 0 saturated carbocycles. The van der Waals surface area contributed by atoms with Gasteiger partial charge in [-0.3, -0.25) is 9.69 Å². The van der Waals surface area contributed by atoms with Crippen LogP contribution in [-0.4, -0.2) is 68.1 Å². The van der Waals surface area contributed by atoms with E-state index in [0.29, 0.717) is 6.04 Å². The number of hydrogen-bond donors (Lipinski definition) is 2. The molecule has 1 amide bonds. The molecule has 162 valence electrons. The van der Waals surface area contributed by atoms with Crippen molar-refractivity contribution < 1.29 is 4.79 Å². The fourth-order valence-electron chi connectivity index (χ4n) is 3.91. The lowest BCUT2D eigenvalue weighted by atomic mass is 10.0. The average molecular weight is 454 g/mol. The van der Waals surface area contributed by atoms with Gasteiger partial charge in [0.05, 0.1) is 6.04 Å². The summed E-state index contributed by atoms with van der Waals surface area (Å²) in [6, 6.07) is 11.3. The van der Waals surface area contributed by atoms with Crippen LogP contribution in [0.15, 0.2) is 30.3 Å². The van der Waals surface area contributed by atoms with Crippen LogP contribution in [0.4, 0.5) is 0 Å². The molecule has 2 aliphatic heterocycles. The first-order valence-electron chi connectivity index (χ1n) is 9.72. The third-order valence-electron chi connectivity index (χ3n) is 5.43. The van der Waals surface area contributed by atoms with Gasteiger partial charge in [0.2, 0.25) is 5.91 Å². The number of rotatable bonds is 6. The quantitative estimate of drug-likeness (QED) is 0.650. The SMILES string of the molecule is CN1CCN(CCCNC(=O)C2CCCCN2)C(c2ccccc2)C1.Cl.Cl.Cl. The Bertz CT molecular complexity index is 544. The molecule has 0 aliphatic carbocycles. The van der Waals surface area contributed by atoms with Crippen molar-refractivity contribution in [1.82, 2.24) is 20.4 Å². The zero-order valence-electron chi connectivity index (χ0n) is 16.6. The topological polar surface area (TPSA) is 47.6 Å². The summed E-state index contributed by atoms with van der Waals surface area (Å²) >= 11 is 0. The molecular weight excluding hydrogens is 419 g/mol. The second-order valence-electron chi connectivity index (χ2n) is 7.37. The van der Waals surface area contributed by atoms with Crippen molar-refractivity contribution in [2.24, 2.45) is 0 Å². The number of benzene rings is 1. The Balaban J connectivity index is 0.00000243. The Morgan fingerprint density at radius 1 is 1.14 bits per heavy atom. The van der Waals surface area contributed by atoms with Gasteiger partial charge in [0.25, 0.3) is 0 Å². The van der Waals surface area contributed by atoms with E-state index in [0.717, 1.165) is 58.5 Å². The van der Waals surface area contributed by atoms with E-state index in [2.05, 4.69) is 57.8 Å². The number of piperidine rings is 1. The third-order valence-corrected chi connectivity index (χ3v) is 5.43. The summed E-state index contributed by atoms with van der Waals surface area (Å²) in [4.78, 5) is 17.2. The molecule has 3 rings (SSSR count). The van der Waals surface area contributed by atoms with Gasteiger partial charge < -0.3 is 15.5 Å². The molecule has 8 heteroatoms. The fraction of sp³-hybridized carbons (Fsp3) is 0.650. The van der Waals surface area contributed by atoms with Crippen LogP contribution >= 0.6 is 37.2 Å². The van der Waals surface area contributed by atoms with Crippen molar-refractivity contribution in [3.63, 3.8) is 0 Å². The number of halogens is 3. The smallest absolute Gasteiger partial charge is 0.237 e. The third kappa shape index (κ3) is 8.05. The highest BCUT2D eigenvalue weighted by atomic mass is 35.5. The zero-order chi connectivity index (χ0) is 17.5. The number of carbonyl (C=O) groups is 1. The summed E-state index contributed by atoms with van der Waals surface area (Å²) < 4.78 is 0. The van der Waals surface area contributed by atoms with Crippen molar-refractivity contribution in [1.29, 1.82) is 0 Å². The Morgan fingerprint density at radius 2 is 1.89 bits per heavy atom. The highest BCUT2D eigenvalue weighted by Crippen LogP contribution is 2.24. The normalized spacial score (nSPS) is 22.9. The lowest BCUT2D eigenvalue weighted by Crippen LogP contribution is -2.48. The number of amides is 1. The first kappa shape index (κ1) is 27.4. The molecule has 1 aromatic carbocycles. The molecule has 28 heavy (non-hydrogen) atoms. The van der Waals surface area contributed by atoms with Crippen molar-refractivity contribution >= 4 is 43.1 Å². The molecule has 2 fully saturated rings. The van der Waals surface area contributed by atoms with Crippen LogP contribution in [-0.2, 0) is 4.79 Å². The van der Waals surface area contributed by atoms with E-state index >= 15 is 0 Å². The van der Waals surface area contributed by atoms with Gasteiger partial charge in [0.15, 0.2) is 0 Å². The molecule has 2 aliphatic rings. The summed E-state index contributed by atoms with van der Waals surface area (Å²) in [6.45, 7) is 6.05. The van der Waals surface area contributed by atoms with Gasteiger partial charge in [-0.2, -0.15) is 0 Å². The minimum absolute atomic E-state index is 0. The summed E-state index contributed by atoms with van der Waals surface area (Å²) in [5, 5.41) is 6.43. The average Bonchev–Trinajstić information content (AvgIpc) is 2.67. The number of carbonyl (C=O) groups excluding carboxylic acids is 1. The Hall–Kier alpha value is -0.560. The van der Waals surface area contributed by atoms with Gasteiger partial charge in [-0.15, -0.1) is 37.2 Å². The van der Waals surface area contributed by atoms with E-state index in [-0.39, 0.29) is 49.2 Å². The maximum Gasteiger partial charge on any atom is 0.237 e. The Labute approximate surface area is 188 Å². The summed E-state index contributed by atoms with van der Waals surface area (Å²) in [5.41, 5.74) is 1.39. The highest BCUT2D eigenvalue weighted by molar-refractivity contribution is 5.86. The molecule has 0 aromatic heterocycles. The van der Waals surface area contributed by atoms with E-state index in [4.69, 9.17) is 0 Å². The zero-order valence-corrected chi connectivity index (χ0v) is 19.1. The van der Waals surface area contributed by atoms with Crippen molar-refractivity contribution in [2.75, 3.05) is 46.3 Å². The lowest BCUT2D eigenvalue weighted by Gasteiger charge is -2.40. The molecule has 0 radical (unpaired) electrons. The van der Waals surface area contributed by atoms with Crippen molar-refractivity contribution in [3.8, 4) is 0 Å². The van der Waals surface area contributed by atoms with Gasteiger partial charge in [0.1, 0.15) is 0 Å². The Kier molecular flexibility index (Phi) is 14.1. The number of nitrogens with one attached hydrogen (secondary N) is 2. The van der Waals surface area contributed by atoms with Crippen LogP contribution in [0.3, 0.4) is 0 Å². The van der Waals surface area contributed by atoms with E-state index in [9.17, 15) is 4.79 Å². The second kappa shape index (κ2) is 14.4. The number of likely N-dealkylation sites (N-methyl/N-ethyl adjacent to an activating group) is 1. The second-order valence-corrected chi connectivity index (χ2v) is 7.37. The van der Waals surface area contributed by atoms with Crippen molar-refractivity contribution in [2.45, 2.75) is 37.8 Å². The van der Waals surface area contributed by atoms with E-state index < -0.39 is 0 Å². The highest BCUT2D eigenvalue weighted by Gasteiger charge is 2.26. The molecular formula is C20H35Cl3N4O. The molecule has 2 saturated heterocycles. The number of nitrogens with zero attached hydrogens (tertiary/aromatic N) is 2. The largest absolute Gasteiger partial charge is 0.355 e.